The zero-order valence-corrected chi connectivity index (χ0v) is 13.6. The number of benzene rings is 1. The Morgan fingerprint density at radius 2 is 2.14 bits per heavy atom. The number of nitrogens with zero attached hydrogens (tertiary/aromatic N) is 1. The second-order valence-electron chi connectivity index (χ2n) is 6.26. The van der Waals surface area contributed by atoms with Gasteiger partial charge in [-0.3, -0.25) is 4.90 Å². The summed E-state index contributed by atoms with van der Waals surface area (Å²) in [6.45, 7) is 3.90. The molecule has 1 unspecified atom stereocenters. The number of hydrogen-bond donors (Lipinski definition) is 1. The third kappa shape index (κ3) is 2.88. The normalized spacial score (nSPS) is 24.1. The summed E-state index contributed by atoms with van der Waals surface area (Å²) in [5.41, 5.74) is 6.72. The lowest BCUT2D eigenvalue weighted by molar-refractivity contribution is 0.0534. The van der Waals surface area contributed by atoms with Crippen LogP contribution in [0, 0.1) is 0 Å². The Kier molecular flexibility index (Phi) is 4.45. The average Bonchev–Trinajstić information content (AvgIpc) is 2.93. The molecule has 2 aliphatic rings. The summed E-state index contributed by atoms with van der Waals surface area (Å²) < 4.78 is 17.3. The minimum atomic E-state index is -0.0566. The SMILES string of the molecule is COc1cc(OC)c2c(c1)OC1(CC2)CCN(CCCN)C1. The van der Waals surface area contributed by atoms with Gasteiger partial charge in [0.1, 0.15) is 22.8 Å². The van der Waals surface area contributed by atoms with E-state index in [-0.39, 0.29) is 5.60 Å². The van der Waals surface area contributed by atoms with E-state index in [1.807, 2.05) is 12.1 Å². The largest absolute Gasteiger partial charge is 0.496 e. The lowest BCUT2D eigenvalue weighted by atomic mass is 9.90. The van der Waals surface area contributed by atoms with Gasteiger partial charge in [-0.05, 0) is 32.4 Å². The molecule has 0 aliphatic carbocycles. The first-order chi connectivity index (χ1) is 10.7. The maximum atomic E-state index is 6.44. The van der Waals surface area contributed by atoms with Crippen LogP contribution in [0.15, 0.2) is 12.1 Å². The van der Waals surface area contributed by atoms with Gasteiger partial charge in [0.15, 0.2) is 0 Å². The van der Waals surface area contributed by atoms with Crippen molar-refractivity contribution in [3.05, 3.63) is 17.7 Å². The zero-order valence-electron chi connectivity index (χ0n) is 13.6. The van der Waals surface area contributed by atoms with E-state index in [0.717, 1.165) is 74.7 Å². The molecule has 1 aromatic rings. The molecule has 122 valence electrons. The van der Waals surface area contributed by atoms with Gasteiger partial charge in [-0.25, -0.2) is 0 Å². The molecule has 2 N–H and O–H groups in total. The quantitative estimate of drug-likeness (QED) is 0.899. The lowest BCUT2D eigenvalue weighted by Crippen LogP contribution is -2.42. The summed E-state index contributed by atoms with van der Waals surface area (Å²) >= 11 is 0. The highest BCUT2D eigenvalue weighted by Crippen LogP contribution is 2.44. The molecule has 3 rings (SSSR count). The van der Waals surface area contributed by atoms with Crippen LogP contribution in [-0.2, 0) is 6.42 Å². The number of nitrogens with two attached hydrogens (primary N) is 1. The summed E-state index contributed by atoms with van der Waals surface area (Å²) in [7, 11) is 3.37. The van der Waals surface area contributed by atoms with E-state index in [0.29, 0.717) is 0 Å². The molecule has 1 atom stereocenters. The third-order valence-corrected chi connectivity index (χ3v) is 4.83. The fourth-order valence-electron chi connectivity index (χ4n) is 3.59. The number of fused-ring (bicyclic) bond motifs is 1. The lowest BCUT2D eigenvalue weighted by Gasteiger charge is -2.36. The Morgan fingerprint density at radius 1 is 1.27 bits per heavy atom. The number of hydrogen-bond acceptors (Lipinski definition) is 5. The van der Waals surface area contributed by atoms with Crippen molar-refractivity contribution in [2.75, 3.05) is 40.4 Å². The van der Waals surface area contributed by atoms with E-state index in [1.165, 1.54) is 0 Å². The molecule has 0 radical (unpaired) electrons. The van der Waals surface area contributed by atoms with Crippen LogP contribution in [0.1, 0.15) is 24.8 Å². The van der Waals surface area contributed by atoms with Crippen LogP contribution in [0.25, 0.3) is 0 Å². The highest BCUT2D eigenvalue weighted by atomic mass is 16.5. The first-order valence-electron chi connectivity index (χ1n) is 8.06. The molecule has 2 aliphatic heterocycles. The van der Waals surface area contributed by atoms with Gasteiger partial charge < -0.3 is 19.9 Å². The molecule has 5 nitrogen and oxygen atoms in total. The van der Waals surface area contributed by atoms with Crippen LogP contribution in [-0.4, -0.2) is 50.9 Å². The minimum absolute atomic E-state index is 0.0566. The fraction of sp³-hybridized carbons (Fsp3) is 0.647. The van der Waals surface area contributed by atoms with Gasteiger partial charge in [-0.15, -0.1) is 0 Å². The number of ether oxygens (including phenoxy) is 3. The zero-order chi connectivity index (χ0) is 15.6. The van der Waals surface area contributed by atoms with Gasteiger partial charge in [-0.1, -0.05) is 0 Å². The van der Waals surface area contributed by atoms with Crippen molar-refractivity contribution in [1.82, 2.24) is 4.90 Å². The van der Waals surface area contributed by atoms with Crippen molar-refractivity contribution < 1.29 is 14.2 Å². The Hall–Kier alpha value is -1.46. The second-order valence-corrected chi connectivity index (χ2v) is 6.26. The van der Waals surface area contributed by atoms with Crippen molar-refractivity contribution in [2.45, 2.75) is 31.3 Å². The van der Waals surface area contributed by atoms with Crippen LogP contribution in [0.4, 0.5) is 0 Å². The van der Waals surface area contributed by atoms with Crippen LogP contribution < -0.4 is 19.9 Å². The molecule has 0 bridgehead atoms. The molecule has 1 saturated heterocycles. The Morgan fingerprint density at radius 3 is 2.86 bits per heavy atom. The summed E-state index contributed by atoms with van der Waals surface area (Å²) in [4.78, 5) is 2.47. The van der Waals surface area contributed by atoms with E-state index in [9.17, 15) is 0 Å². The van der Waals surface area contributed by atoms with Gasteiger partial charge in [0, 0.05) is 37.2 Å². The second kappa shape index (κ2) is 6.34. The first kappa shape index (κ1) is 15.4. The van der Waals surface area contributed by atoms with Crippen molar-refractivity contribution in [3.8, 4) is 17.2 Å². The maximum Gasteiger partial charge on any atom is 0.130 e. The standard InChI is InChI=1S/C17H26N2O3/c1-20-13-10-15(21-2)14-4-5-17(22-16(14)11-13)6-9-19(12-17)8-3-7-18/h10-11H,3-9,12,18H2,1-2H3. The molecule has 0 amide bonds. The van der Waals surface area contributed by atoms with E-state index in [4.69, 9.17) is 19.9 Å². The molecule has 1 spiro atoms. The molecule has 0 aromatic heterocycles. The van der Waals surface area contributed by atoms with Crippen LogP contribution >= 0.6 is 0 Å². The predicted molar refractivity (Wildman–Crippen MR) is 86.0 cm³/mol. The van der Waals surface area contributed by atoms with E-state index in [2.05, 4.69) is 4.90 Å². The molecular weight excluding hydrogens is 280 g/mol. The van der Waals surface area contributed by atoms with Gasteiger partial charge >= 0.3 is 0 Å². The molecule has 1 aromatic carbocycles. The number of methoxy groups -OCH3 is 2. The van der Waals surface area contributed by atoms with Crippen LogP contribution in [0.3, 0.4) is 0 Å². The maximum absolute atomic E-state index is 6.44. The Bertz CT molecular complexity index is 535. The van der Waals surface area contributed by atoms with Gasteiger partial charge in [0.05, 0.1) is 14.2 Å². The molecule has 0 saturated carbocycles. The van der Waals surface area contributed by atoms with Crippen molar-refractivity contribution >= 4 is 0 Å². The van der Waals surface area contributed by atoms with Gasteiger partial charge in [0.2, 0.25) is 0 Å². The van der Waals surface area contributed by atoms with Crippen molar-refractivity contribution in [1.29, 1.82) is 0 Å². The number of likely N-dealkylation sites (tertiary alicyclic amines) is 1. The van der Waals surface area contributed by atoms with Gasteiger partial charge in [0.25, 0.3) is 0 Å². The fourth-order valence-corrected chi connectivity index (χ4v) is 3.59. The monoisotopic (exact) mass is 306 g/mol. The number of rotatable bonds is 5. The van der Waals surface area contributed by atoms with Crippen molar-refractivity contribution in [3.63, 3.8) is 0 Å². The molecule has 1 fully saturated rings. The highest BCUT2D eigenvalue weighted by molar-refractivity contribution is 5.52. The average molecular weight is 306 g/mol. The minimum Gasteiger partial charge on any atom is -0.496 e. The van der Waals surface area contributed by atoms with E-state index in [1.54, 1.807) is 14.2 Å². The third-order valence-electron chi connectivity index (χ3n) is 4.83. The molecule has 22 heavy (non-hydrogen) atoms. The van der Waals surface area contributed by atoms with E-state index >= 15 is 0 Å². The Labute approximate surface area is 132 Å². The van der Waals surface area contributed by atoms with E-state index < -0.39 is 0 Å². The van der Waals surface area contributed by atoms with Gasteiger partial charge in [-0.2, -0.15) is 0 Å². The topological polar surface area (TPSA) is 57.0 Å². The predicted octanol–water partition coefficient (Wildman–Crippen LogP) is 1.82. The first-order valence-corrected chi connectivity index (χ1v) is 8.06. The molecular formula is C17H26N2O3. The van der Waals surface area contributed by atoms with Crippen LogP contribution in [0.2, 0.25) is 0 Å². The molecule has 5 heteroatoms. The Balaban J connectivity index is 1.79. The highest BCUT2D eigenvalue weighted by Gasteiger charge is 2.43. The van der Waals surface area contributed by atoms with Crippen molar-refractivity contribution in [2.24, 2.45) is 5.73 Å². The summed E-state index contributed by atoms with van der Waals surface area (Å²) in [6.07, 6.45) is 4.17. The summed E-state index contributed by atoms with van der Waals surface area (Å²) in [6, 6.07) is 3.92. The molecule has 2 heterocycles. The smallest absolute Gasteiger partial charge is 0.130 e. The van der Waals surface area contributed by atoms with Crippen LogP contribution in [0.5, 0.6) is 17.2 Å². The summed E-state index contributed by atoms with van der Waals surface area (Å²) in [5.74, 6) is 2.57. The summed E-state index contributed by atoms with van der Waals surface area (Å²) in [5, 5.41) is 0.